The summed E-state index contributed by atoms with van der Waals surface area (Å²) in [4.78, 5) is 12.8. The van der Waals surface area contributed by atoms with E-state index in [1.54, 1.807) is 0 Å². The van der Waals surface area contributed by atoms with E-state index < -0.39 is 12.0 Å². The highest BCUT2D eigenvalue weighted by molar-refractivity contribution is 5.73. The maximum atomic E-state index is 10.5. The number of hydrogen-bond donors (Lipinski definition) is 2. The van der Waals surface area contributed by atoms with Crippen LogP contribution in [0.1, 0.15) is 19.3 Å². The van der Waals surface area contributed by atoms with Crippen LogP contribution < -0.4 is 5.73 Å². The molecular weight excluding hydrogens is 168 g/mol. The standard InChI is InChI=1S/C9H18N2O2/c1-11-4-2-3-7(6-11)5-8(10)9(12)13/h7-8H,2-6,10H2,1H3,(H,12,13)/t7?,8-/m1/s1. The number of carbonyl (C=O) groups is 1. The number of hydrogen-bond acceptors (Lipinski definition) is 3. The summed E-state index contributed by atoms with van der Waals surface area (Å²) in [7, 11) is 2.07. The molecule has 4 heteroatoms. The van der Waals surface area contributed by atoms with Crippen LogP contribution in [0.2, 0.25) is 0 Å². The van der Waals surface area contributed by atoms with Gasteiger partial charge in [0.05, 0.1) is 0 Å². The lowest BCUT2D eigenvalue weighted by Crippen LogP contribution is -2.38. The lowest BCUT2D eigenvalue weighted by atomic mass is 9.92. The molecule has 2 atom stereocenters. The van der Waals surface area contributed by atoms with Crippen LogP contribution in [0.15, 0.2) is 0 Å². The first-order valence-electron chi connectivity index (χ1n) is 4.76. The number of likely N-dealkylation sites (tertiary alicyclic amines) is 1. The van der Waals surface area contributed by atoms with Crippen molar-refractivity contribution >= 4 is 5.97 Å². The van der Waals surface area contributed by atoms with E-state index >= 15 is 0 Å². The van der Waals surface area contributed by atoms with Gasteiger partial charge in [0.2, 0.25) is 0 Å². The minimum atomic E-state index is -0.881. The Morgan fingerprint density at radius 3 is 3.00 bits per heavy atom. The Hall–Kier alpha value is -0.610. The maximum absolute atomic E-state index is 10.5. The van der Waals surface area contributed by atoms with Gasteiger partial charge in [0.1, 0.15) is 6.04 Å². The molecule has 0 aliphatic carbocycles. The molecule has 0 aromatic carbocycles. The fourth-order valence-corrected chi connectivity index (χ4v) is 1.93. The molecule has 1 saturated heterocycles. The number of piperidine rings is 1. The quantitative estimate of drug-likeness (QED) is 0.657. The molecule has 0 aromatic heterocycles. The van der Waals surface area contributed by atoms with Crippen molar-refractivity contribution in [3.63, 3.8) is 0 Å². The smallest absolute Gasteiger partial charge is 0.320 e. The van der Waals surface area contributed by atoms with Gasteiger partial charge in [-0.2, -0.15) is 0 Å². The van der Waals surface area contributed by atoms with Crippen molar-refractivity contribution in [3.8, 4) is 0 Å². The second kappa shape index (κ2) is 4.58. The van der Waals surface area contributed by atoms with Crippen LogP contribution in [-0.2, 0) is 4.79 Å². The molecule has 0 aromatic rings. The van der Waals surface area contributed by atoms with Crippen molar-refractivity contribution in [2.24, 2.45) is 11.7 Å². The molecule has 1 fully saturated rings. The highest BCUT2D eigenvalue weighted by Gasteiger charge is 2.22. The monoisotopic (exact) mass is 186 g/mol. The zero-order valence-electron chi connectivity index (χ0n) is 8.07. The molecule has 1 unspecified atom stereocenters. The average molecular weight is 186 g/mol. The first kappa shape index (κ1) is 10.5. The van der Waals surface area contributed by atoms with E-state index in [0.29, 0.717) is 12.3 Å². The maximum Gasteiger partial charge on any atom is 0.320 e. The van der Waals surface area contributed by atoms with Crippen LogP contribution in [0.4, 0.5) is 0 Å². The van der Waals surface area contributed by atoms with Gasteiger partial charge in [-0.25, -0.2) is 0 Å². The lowest BCUT2D eigenvalue weighted by molar-refractivity contribution is -0.139. The lowest BCUT2D eigenvalue weighted by Gasteiger charge is -2.30. The summed E-state index contributed by atoms with van der Waals surface area (Å²) in [6, 6.07) is -0.684. The minimum absolute atomic E-state index is 0.463. The van der Waals surface area contributed by atoms with Gasteiger partial charge in [-0.3, -0.25) is 4.79 Å². The van der Waals surface area contributed by atoms with Gasteiger partial charge in [-0.15, -0.1) is 0 Å². The molecule has 76 valence electrons. The van der Waals surface area contributed by atoms with Gasteiger partial charge in [0.15, 0.2) is 0 Å². The zero-order chi connectivity index (χ0) is 9.84. The SMILES string of the molecule is CN1CCCC(C[C@@H](N)C(=O)O)C1. The molecule has 0 saturated carbocycles. The summed E-state index contributed by atoms with van der Waals surface area (Å²) in [6.45, 7) is 2.11. The summed E-state index contributed by atoms with van der Waals surface area (Å²) in [6.07, 6.45) is 2.89. The predicted molar refractivity (Wildman–Crippen MR) is 50.4 cm³/mol. The van der Waals surface area contributed by atoms with Crippen molar-refractivity contribution in [3.05, 3.63) is 0 Å². The Morgan fingerprint density at radius 2 is 2.46 bits per heavy atom. The second-order valence-electron chi connectivity index (χ2n) is 3.95. The average Bonchev–Trinajstić information content (AvgIpc) is 2.04. The third kappa shape index (κ3) is 3.32. The molecule has 1 rings (SSSR count). The highest BCUT2D eigenvalue weighted by atomic mass is 16.4. The normalized spacial score (nSPS) is 27.1. The minimum Gasteiger partial charge on any atom is -0.480 e. The fraction of sp³-hybridized carbons (Fsp3) is 0.889. The van der Waals surface area contributed by atoms with Crippen LogP contribution in [0.5, 0.6) is 0 Å². The number of nitrogens with zero attached hydrogens (tertiary/aromatic N) is 1. The van der Waals surface area contributed by atoms with Crippen molar-refractivity contribution in [2.75, 3.05) is 20.1 Å². The van der Waals surface area contributed by atoms with Gasteiger partial charge in [-0.05, 0) is 38.8 Å². The summed E-state index contributed by atoms with van der Waals surface area (Å²) < 4.78 is 0. The van der Waals surface area contributed by atoms with E-state index in [1.165, 1.54) is 0 Å². The van der Waals surface area contributed by atoms with E-state index in [4.69, 9.17) is 10.8 Å². The van der Waals surface area contributed by atoms with Crippen LogP contribution in [-0.4, -0.2) is 42.2 Å². The van der Waals surface area contributed by atoms with Gasteiger partial charge < -0.3 is 15.7 Å². The Bertz CT molecular complexity index is 184. The van der Waals surface area contributed by atoms with Gasteiger partial charge in [0, 0.05) is 6.54 Å². The van der Waals surface area contributed by atoms with E-state index in [9.17, 15) is 4.79 Å². The largest absolute Gasteiger partial charge is 0.480 e. The van der Waals surface area contributed by atoms with Gasteiger partial charge in [0.25, 0.3) is 0 Å². The molecule has 13 heavy (non-hydrogen) atoms. The molecular formula is C9H18N2O2. The van der Waals surface area contributed by atoms with Crippen LogP contribution in [0.25, 0.3) is 0 Å². The van der Waals surface area contributed by atoms with Gasteiger partial charge in [-0.1, -0.05) is 0 Å². The molecule has 1 heterocycles. The first-order valence-corrected chi connectivity index (χ1v) is 4.76. The number of rotatable bonds is 3. The topological polar surface area (TPSA) is 66.6 Å². The van der Waals surface area contributed by atoms with Crippen LogP contribution in [0, 0.1) is 5.92 Å². The molecule has 0 radical (unpaired) electrons. The summed E-state index contributed by atoms with van der Waals surface area (Å²) in [5, 5.41) is 8.64. The zero-order valence-corrected chi connectivity index (χ0v) is 8.07. The Balaban J connectivity index is 2.31. The van der Waals surface area contributed by atoms with E-state index in [-0.39, 0.29) is 0 Å². The second-order valence-corrected chi connectivity index (χ2v) is 3.95. The third-order valence-electron chi connectivity index (χ3n) is 2.63. The van der Waals surface area contributed by atoms with Crippen molar-refractivity contribution in [2.45, 2.75) is 25.3 Å². The van der Waals surface area contributed by atoms with E-state index in [1.807, 2.05) is 0 Å². The molecule has 3 N–H and O–H groups in total. The summed E-state index contributed by atoms with van der Waals surface area (Å²) in [5.41, 5.74) is 5.47. The van der Waals surface area contributed by atoms with Crippen LogP contribution in [0.3, 0.4) is 0 Å². The number of carboxylic acids is 1. The Labute approximate surface area is 78.7 Å². The van der Waals surface area contributed by atoms with Crippen molar-refractivity contribution in [1.82, 2.24) is 4.90 Å². The molecule has 0 bridgehead atoms. The Morgan fingerprint density at radius 1 is 1.77 bits per heavy atom. The van der Waals surface area contributed by atoms with E-state index in [2.05, 4.69) is 11.9 Å². The highest BCUT2D eigenvalue weighted by Crippen LogP contribution is 2.19. The third-order valence-corrected chi connectivity index (χ3v) is 2.63. The Kier molecular flexibility index (Phi) is 3.69. The number of carboxylic acid groups (broad SMARTS) is 1. The van der Waals surface area contributed by atoms with Crippen molar-refractivity contribution < 1.29 is 9.90 Å². The summed E-state index contributed by atoms with van der Waals surface area (Å²) in [5.74, 6) is -0.418. The fourth-order valence-electron chi connectivity index (χ4n) is 1.93. The number of aliphatic carboxylic acids is 1. The predicted octanol–water partition coefficient (Wildman–Crippen LogP) is 0.130. The van der Waals surface area contributed by atoms with Crippen LogP contribution >= 0.6 is 0 Å². The molecule has 0 amide bonds. The molecule has 1 aliphatic heterocycles. The first-order chi connectivity index (χ1) is 6.09. The molecule has 0 spiro atoms. The molecule has 1 aliphatic rings. The number of nitrogens with two attached hydrogens (primary N) is 1. The van der Waals surface area contributed by atoms with Crippen molar-refractivity contribution in [1.29, 1.82) is 0 Å². The molecule has 4 nitrogen and oxygen atoms in total. The van der Waals surface area contributed by atoms with Gasteiger partial charge >= 0.3 is 5.97 Å². The summed E-state index contributed by atoms with van der Waals surface area (Å²) >= 11 is 0. The van der Waals surface area contributed by atoms with E-state index in [0.717, 1.165) is 25.9 Å².